The number of nitrogens with zero attached hydrogens (tertiary/aromatic N) is 1. The van der Waals surface area contributed by atoms with Crippen LogP contribution in [0.25, 0.3) is 0 Å². The van der Waals surface area contributed by atoms with E-state index in [-0.39, 0.29) is 29.7 Å². The first kappa shape index (κ1) is 22.9. The molecule has 2 rings (SSSR count). The number of anilines is 1. The summed E-state index contributed by atoms with van der Waals surface area (Å²) in [5.41, 5.74) is 0.830. The van der Waals surface area contributed by atoms with E-state index in [0.717, 1.165) is 0 Å². The Hall–Kier alpha value is -2.42. The van der Waals surface area contributed by atoms with Crippen molar-refractivity contribution in [3.05, 3.63) is 59.1 Å². The van der Waals surface area contributed by atoms with E-state index in [2.05, 4.69) is 10.6 Å². The predicted molar refractivity (Wildman–Crippen MR) is 114 cm³/mol. The van der Waals surface area contributed by atoms with Gasteiger partial charge in [0.05, 0.1) is 4.90 Å². The van der Waals surface area contributed by atoms with Crippen LogP contribution in [0.4, 0.5) is 5.69 Å². The number of rotatable bonds is 9. The lowest BCUT2D eigenvalue weighted by Gasteiger charge is -2.18. The highest BCUT2D eigenvalue weighted by atomic mass is 35.5. The van der Waals surface area contributed by atoms with Crippen molar-refractivity contribution >= 4 is 39.1 Å². The molecule has 0 fully saturated rings. The summed E-state index contributed by atoms with van der Waals surface area (Å²) in [6.45, 7) is 4.41. The molecule has 29 heavy (non-hydrogen) atoms. The Morgan fingerprint density at radius 1 is 1.03 bits per heavy atom. The number of hydrogen-bond acceptors (Lipinski definition) is 4. The molecule has 9 heteroatoms. The second-order valence-corrected chi connectivity index (χ2v) is 8.55. The Bertz CT molecular complexity index is 958. The fourth-order valence-electron chi connectivity index (χ4n) is 2.66. The van der Waals surface area contributed by atoms with E-state index in [1.165, 1.54) is 16.4 Å². The first-order valence-electron chi connectivity index (χ1n) is 9.21. The second kappa shape index (κ2) is 10.4. The fourth-order valence-corrected chi connectivity index (χ4v) is 4.29. The van der Waals surface area contributed by atoms with E-state index in [0.29, 0.717) is 29.4 Å². The molecule has 0 spiro atoms. The highest BCUT2D eigenvalue weighted by molar-refractivity contribution is 7.89. The van der Waals surface area contributed by atoms with E-state index < -0.39 is 10.0 Å². The van der Waals surface area contributed by atoms with Crippen molar-refractivity contribution < 1.29 is 18.0 Å². The Labute approximate surface area is 176 Å². The number of hydrogen-bond donors (Lipinski definition) is 2. The predicted octanol–water partition coefficient (Wildman–Crippen LogP) is 3.13. The van der Waals surface area contributed by atoms with Gasteiger partial charge in [0.15, 0.2) is 0 Å². The Morgan fingerprint density at radius 3 is 2.31 bits per heavy atom. The molecule has 0 aromatic heterocycles. The van der Waals surface area contributed by atoms with Crippen LogP contribution < -0.4 is 10.6 Å². The van der Waals surface area contributed by atoms with Gasteiger partial charge < -0.3 is 10.6 Å². The van der Waals surface area contributed by atoms with E-state index in [1.807, 2.05) is 0 Å². The van der Waals surface area contributed by atoms with Crippen molar-refractivity contribution in [2.75, 3.05) is 25.0 Å². The molecule has 0 aliphatic carbocycles. The average molecular weight is 438 g/mol. The van der Waals surface area contributed by atoms with E-state index >= 15 is 0 Å². The summed E-state index contributed by atoms with van der Waals surface area (Å²) in [5.74, 6) is -0.638. The van der Waals surface area contributed by atoms with Crippen molar-refractivity contribution in [3.63, 3.8) is 0 Å². The number of amides is 2. The molecular weight excluding hydrogens is 414 g/mol. The lowest BCUT2D eigenvalue weighted by molar-refractivity contribution is -0.116. The average Bonchev–Trinajstić information content (AvgIpc) is 2.69. The largest absolute Gasteiger partial charge is 0.352 e. The summed E-state index contributed by atoms with van der Waals surface area (Å²) in [5, 5.41) is 5.85. The van der Waals surface area contributed by atoms with E-state index in [1.54, 1.807) is 50.2 Å². The lowest BCUT2D eigenvalue weighted by atomic mass is 10.2. The van der Waals surface area contributed by atoms with Crippen molar-refractivity contribution in [1.82, 2.24) is 9.62 Å². The summed E-state index contributed by atoms with van der Waals surface area (Å²) >= 11 is 5.79. The zero-order valence-corrected chi connectivity index (χ0v) is 17.9. The lowest BCUT2D eigenvalue weighted by Crippen LogP contribution is -2.30. The molecule has 0 atom stereocenters. The molecule has 2 amide bonds. The molecule has 2 N–H and O–H groups in total. The number of sulfonamides is 1. The molecule has 2 aromatic rings. The summed E-state index contributed by atoms with van der Waals surface area (Å²) < 4.78 is 26.5. The van der Waals surface area contributed by atoms with E-state index in [4.69, 9.17) is 11.6 Å². The highest BCUT2D eigenvalue weighted by Gasteiger charge is 2.21. The molecule has 0 heterocycles. The van der Waals surface area contributed by atoms with Crippen molar-refractivity contribution in [2.24, 2.45) is 0 Å². The molecule has 0 unspecified atom stereocenters. The first-order chi connectivity index (χ1) is 13.8. The Morgan fingerprint density at radius 2 is 1.69 bits per heavy atom. The van der Waals surface area contributed by atoms with Crippen LogP contribution >= 0.6 is 11.6 Å². The van der Waals surface area contributed by atoms with E-state index in [9.17, 15) is 18.0 Å². The van der Waals surface area contributed by atoms with Gasteiger partial charge in [-0.15, -0.1) is 0 Å². The van der Waals surface area contributed by atoms with Gasteiger partial charge in [0.2, 0.25) is 15.9 Å². The first-order valence-corrected chi connectivity index (χ1v) is 11.0. The van der Waals surface area contributed by atoms with Gasteiger partial charge in [-0.1, -0.05) is 31.5 Å². The molecule has 156 valence electrons. The van der Waals surface area contributed by atoms with Crippen LogP contribution in [0.15, 0.2) is 53.4 Å². The normalized spacial score (nSPS) is 11.3. The highest BCUT2D eigenvalue weighted by Crippen LogP contribution is 2.19. The number of benzene rings is 2. The molecule has 2 aromatic carbocycles. The molecule has 0 radical (unpaired) electrons. The molecule has 0 saturated carbocycles. The maximum Gasteiger partial charge on any atom is 0.251 e. The standard InChI is InChI=1S/C20H24ClN3O4S/c1-3-24(4-2)29(27,28)18-7-5-6-17(14-18)23-19(25)12-13-22-20(26)15-8-10-16(21)11-9-15/h5-11,14H,3-4,12-13H2,1-2H3,(H,22,26)(H,23,25). The third kappa shape index (κ3) is 6.28. The minimum atomic E-state index is -3.61. The molecule has 0 bridgehead atoms. The molecule has 7 nitrogen and oxygen atoms in total. The van der Waals surface area contributed by atoms with Crippen molar-refractivity contribution in [1.29, 1.82) is 0 Å². The van der Waals surface area contributed by atoms with Gasteiger partial charge in [0, 0.05) is 42.3 Å². The number of carbonyl (C=O) groups excluding carboxylic acids is 2. The summed E-state index contributed by atoms with van der Waals surface area (Å²) in [6.07, 6.45) is 0.0480. The molecule has 0 aliphatic heterocycles. The summed E-state index contributed by atoms with van der Waals surface area (Å²) in [6, 6.07) is 12.5. The maximum atomic E-state index is 12.6. The van der Waals surface area contributed by atoms with Gasteiger partial charge in [-0.25, -0.2) is 8.42 Å². The fraction of sp³-hybridized carbons (Fsp3) is 0.300. The monoisotopic (exact) mass is 437 g/mol. The van der Waals surface area contributed by atoms with Crippen molar-refractivity contribution in [3.8, 4) is 0 Å². The number of halogens is 1. The van der Waals surface area contributed by atoms with Gasteiger partial charge in [0.1, 0.15) is 0 Å². The zero-order chi connectivity index (χ0) is 21.4. The van der Waals surface area contributed by atoms with Gasteiger partial charge in [-0.05, 0) is 42.5 Å². The second-order valence-electron chi connectivity index (χ2n) is 6.18. The van der Waals surface area contributed by atoms with Crippen LogP contribution in [0, 0.1) is 0 Å². The van der Waals surface area contributed by atoms with Crippen LogP contribution in [-0.4, -0.2) is 44.2 Å². The van der Waals surface area contributed by atoms with Crippen molar-refractivity contribution in [2.45, 2.75) is 25.2 Å². The van der Waals surface area contributed by atoms with Crippen LogP contribution in [-0.2, 0) is 14.8 Å². The van der Waals surface area contributed by atoms with Crippen LogP contribution in [0.1, 0.15) is 30.6 Å². The molecule has 0 aliphatic rings. The molecular formula is C20H24ClN3O4S. The number of carbonyl (C=O) groups is 2. The summed E-state index contributed by atoms with van der Waals surface area (Å²) in [7, 11) is -3.61. The molecule has 0 saturated heterocycles. The SMILES string of the molecule is CCN(CC)S(=O)(=O)c1cccc(NC(=O)CCNC(=O)c2ccc(Cl)cc2)c1. The van der Waals surface area contributed by atoms with Gasteiger partial charge in [-0.3, -0.25) is 9.59 Å². The number of nitrogens with one attached hydrogen (secondary N) is 2. The van der Waals surface area contributed by atoms with Gasteiger partial charge in [0.25, 0.3) is 5.91 Å². The third-order valence-corrected chi connectivity index (χ3v) is 6.50. The topological polar surface area (TPSA) is 95.6 Å². The maximum absolute atomic E-state index is 12.6. The minimum absolute atomic E-state index is 0.0480. The Balaban J connectivity index is 1.92. The quantitative estimate of drug-likeness (QED) is 0.630. The minimum Gasteiger partial charge on any atom is -0.352 e. The summed E-state index contributed by atoms with van der Waals surface area (Å²) in [4.78, 5) is 24.3. The van der Waals surface area contributed by atoms with Crippen LogP contribution in [0.3, 0.4) is 0 Å². The van der Waals surface area contributed by atoms with Crippen LogP contribution in [0.5, 0.6) is 0 Å². The third-order valence-electron chi connectivity index (χ3n) is 4.21. The Kier molecular flexibility index (Phi) is 8.19. The zero-order valence-electron chi connectivity index (χ0n) is 16.3. The smallest absolute Gasteiger partial charge is 0.251 e. The van der Waals surface area contributed by atoms with Crippen LogP contribution in [0.2, 0.25) is 5.02 Å². The van der Waals surface area contributed by atoms with Gasteiger partial charge >= 0.3 is 0 Å². The van der Waals surface area contributed by atoms with Gasteiger partial charge in [-0.2, -0.15) is 4.31 Å².